The molecule has 0 radical (unpaired) electrons. The number of methoxy groups -OCH3 is 2. The Morgan fingerprint density at radius 2 is 1.20 bits per heavy atom. The molecule has 2 saturated heterocycles. The Balaban J connectivity index is 1.08. The van der Waals surface area contributed by atoms with Crippen molar-refractivity contribution in [3.05, 3.63) is 53.4 Å². The molecule has 16 heteroatoms. The third kappa shape index (κ3) is 7.59. The summed E-state index contributed by atoms with van der Waals surface area (Å²) in [5.74, 6) is 0.902. The van der Waals surface area contributed by atoms with E-state index in [0.29, 0.717) is 24.7 Å². The maximum atomic E-state index is 13.6. The number of benzene rings is 2. The van der Waals surface area contributed by atoms with Gasteiger partial charge in [0.1, 0.15) is 28.7 Å². The van der Waals surface area contributed by atoms with Crippen LogP contribution in [0.4, 0.5) is 9.59 Å². The molecule has 0 spiro atoms. The highest BCUT2D eigenvalue weighted by atomic mass is 32.1. The van der Waals surface area contributed by atoms with E-state index in [2.05, 4.69) is 20.6 Å². The number of H-pyrrole nitrogens is 2. The second-order valence-corrected chi connectivity index (χ2v) is 15.7. The molecule has 290 valence electrons. The van der Waals surface area contributed by atoms with Gasteiger partial charge in [-0.15, -0.1) is 11.3 Å². The monoisotopic (exact) mass is 769 g/mol. The maximum Gasteiger partial charge on any atom is 0.407 e. The van der Waals surface area contributed by atoms with Crippen molar-refractivity contribution in [3.63, 3.8) is 0 Å². The number of likely N-dealkylation sites (tertiary alicyclic amines) is 2. The number of aromatic nitrogens is 5. The number of hydrogen-bond acceptors (Lipinski definition) is 10. The molecule has 5 heterocycles. The second-order valence-electron chi connectivity index (χ2n) is 14.8. The summed E-state index contributed by atoms with van der Waals surface area (Å²) in [5.41, 5.74) is 6.00. The van der Waals surface area contributed by atoms with E-state index >= 15 is 0 Å². The van der Waals surface area contributed by atoms with Crippen molar-refractivity contribution in [3.8, 4) is 21.8 Å². The van der Waals surface area contributed by atoms with Crippen LogP contribution in [0.2, 0.25) is 0 Å². The van der Waals surface area contributed by atoms with Gasteiger partial charge in [-0.2, -0.15) is 0 Å². The summed E-state index contributed by atoms with van der Waals surface area (Å²) >= 11 is 1.55. The molecule has 55 heavy (non-hydrogen) atoms. The lowest BCUT2D eigenvalue weighted by Crippen LogP contribution is -2.51. The van der Waals surface area contributed by atoms with Crippen molar-refractivity contribution in [2.24, 2.45) is 11.8 Å². The molecule has 2 aliphatic rings. The summed E-state index contributed by atoms with van der Waals surface area (Å²) in [4.78, 5) is 76.5. The predicted octanol–water partition coefficient (Wildman–Crippen LogP) is 6.32. The molecule has 0 saturated carbocycles. The largest absolute Gasteiger partial charge is 0.453 e. The standard InChI is InChI=1S/C39H47N9O6S/c1-20(2)31(45-38(51)53-5)36(49)47-15-7-9-29(47)33-40-24-13-11-22(17-26(24)42-33)28-19-55-35(44-28)23-12-14-25-27(18-23)43-34(41-25)30-10-8-16-48(30)37(50)32(21(3)4)46-39(52)54-6/h11-14,17-21,29-32H,7-10,15-16H2,1-6H3,(H,40,42)(H,41,43)(H,45,51)(H,46,52)/t29-,30-,31-,32-/m0/s1. The Hall–Kier alpha value is -5.51. The average molecular weight is 770 g/mol. The quantitative estimate of drug-likeness (QED) is 0.126. The van der Waals surface area contributed by atoms with Crippen molar-refractivity contribution in [2.45, 2.75) is 77.5 Å². The summed E-state index contributed by atoms with van der Waals surface area (Å²) in [7, 11) is 2.57. The van der Waals surface area contributed by atoms with Gasteiger partial charge in [-0.25, -0.2) is 24.5 Å². The van der Waals surface area contributed by atoms with Crippen molar-refractivity contribution >= 4 is 57.4 Å². The zero-order chi connectivity index (χ0) is 39.0. The fourth-order valence-electron chi connectivity index (χ4n) is 7.59. The minimum Gasteiger partial charge on any atom is -0.453 e. The summed E-state index contributed by atoms with van der Waals surface area (Å²) in [5, 5.41) is 8.28. The number of ether oxygens (including phenoxy) is 2. The van der Waals surface area contributed by atoms with E-state index in [1.165, 1.54) is 14.2 Å². The van der Waals surface area contributed by atoms with Crippen LogP contribution in [0.15, 0.2) is 41.8 Å². The molecule has 4 amide bonds. The van der Waals surface area contributed by atoms with E-state index in [-0.39, 0.29) is 35.7 Å². The van der Waals surface area contributed by atoms with Gasteiger partial charge in [-0.3, -0.25) is 9.59 Å². The third-order valence-corrected chi connectivity index (χ3v) is 11.4. The number of fused-ring (bicyclic) bond motifs is 2. The number of nitrogens with zero attached hydrogens (tertiary/aromatic N) is 5. The SMILES string of the molecule is COC(=O)N[C@H](C(=O)N1CCC[C@H]1c1nc2ccc(-c3csc(-c4ccc5nc([C@@H]6CCCN6C(=O)[C@@H](NC(=O)OC)C(C)C)[nH]c5c4)n3)cc2[nH]1)C(C)C. The molecule has 5 aromatic rings. The van der Waals surface area contributed by atoms with Crippen LogP contribution in [0, 0.1) is 11.8 Å². The van der Waals surface area contributed by atoms with Crippen molar-refractivity contribution in [1.82, 2.24) is 45.4 Å². The minimum atomic E-state index is -0.701. The third-order valence-electron chi connectivity index (χ3n) is 10.5. The smallest absolute Gasteiger partial charge is 0.407 e. The molecular formula is C39H47N9O6S. The maximum absolute atomic E-state index is 13.6. The highest BCUT2D eigenvalue weighted by Gasteiger charge is 2.39. The van der Waals surface area contributed by atoms with E-state index in [1.807, 2.05) is 79.3 Å². The Morgan fingerprint density at radius 3 is 1.67 bits per heavy atom. The number of thiazole rings is 1. The Bertz CT molecular complexity index is 2070. The molecule has 0 aliphatic carbocycles. The molecule has 2 aliphatic heterocycles. The Kier molecular flexibility index (Phi) is 10.8. The molecule has 2 aromatic carbocycles. The zero-order valence-electron chi connectivity index (χ0n) is 31.8. The van der Waals surface area contributed by atoms with Crippen LogP contribution in [0.3, 0.4) is 0 Å². The molecule has 4 atom stereocenters. The number of hydrogen-bond donors (Lipinski definition) is 4. The highest BCUT2D eigenvalue weighted by Crippen LogP contribution is 2.36. The number of amides is 4. The van der Waals surface area contributed by atoms with Crippen LogP contribution in [0.5, 0.6) is 0 Å². The number of rotatable bonds is 10. The minimum absolute atomic E-state index is 0.116. The lowest BCUT2D eigenvalue weighted by molar-refractivity contribution is -0.136. The predicted molar refractivity (Wildman–Crippen MR) is 208 cm³/mol. The van der Waals surface area contributed by atoms with E-state index in [0.717, 1.165) is 69.6 Å². The number of aromatic amines is 2. The summed E-state index contributed by atoms with van der Waals surface area (Å²) in [6.45, 7) is 8.76. The number of carbonyl (C=O) groups is 4. The zero-order valence-corrected chi connectivity index (χ0v) is 32.7. The molecule has 0 unspecified atom stereocenters. The number of carbonyl (C=O) groups excluding carboxylic acids is 4. The van der Waals surface area contributed by atoms with Gasteiger partial charge in [0.05, 0.1) is 54.1 Å². The first-order valence-corrected chi connectivity index (χ1v) is 19.6. The van der Waals surface area contributed by atoms with E-state index in [9.17, 15) is 19.2 Å². The van der Waals surface area contributed by atoms with Crippen molar-refractivity contribution in [2.75, 3.05) is 27.3 Å². The van der Waals surface area contributed by atoms with Crippen LogP contribution in [-0.2, 0) is 19.1 Å². The van der Waals surface area contributed by atoms with Gasteiger partial charge in [0.2, 0.25) is 11.8 Å². The van der Waals surface area contributed by atoms with E-state index in [4.69, 9.17) is 24.4 Å². The molecule has 2 fully saturated rings. The normalized spacial score (nSPS) is 18.3. The summed E-state index contributed by atoms with van der Waals surface area (Å²) < 4.78 is 9.53. The molecule has 15 nitrogen and oxygen atoms in total. The highest BCUT2D eigenvalue weighted by molar-refractivity contribution is 7.13. The molecule has 4 N–H and O–H groups in total. The Labute approximate surface area is 322 Å². The van der Waals surface area contributed by atoms with Gasteiger partial charge in [0.15, 0.2) is 0 Å². The number of nitrogens with one attached hydrogen (secondary N) is 4. The second kappa shape index (κ2) is 15.7. The molecule has 7 rings (SSSR count). The lowest BCUT2D eigenvalue weighted by atomic mass is 10.0. The molecule has 3 aromatic heterocycles. The average Bonchev–Trinajstić information content (AvgIpc) is 4.02. The lowest BCUT2D eigenvalue weighted by Gasteiger charge is -2.29. The van der Waals surface area contributed by atoms with E-state index in [1.54, 1.807) is 11.3 Å². The van der Waals surface area contributed by atoms with Crippen molar-refractivity contribution in [1.29, 1.82) is 0 Å². The number of alkyl carbamates (subject to hydrolysis) is 2. The first kappa shape index (κ1) is 37.8. The molecule has 0 bridgehead atoms. The van der Waals surface area contributed by atoms with Gasteiger partial charge in [-0.05, 0) is 67.9 Å². The van der Waals surface area contributed by atoms with Gasteiger partial charge < -0.3 is 39.9 Å². The van der Waals surface area contributed by atoms with Crippen LogP contribution in [0.1, 0.15) is 77.1 Å². The van der Waals surface area contributed by atoms with E-state index < -0.39 is 24.3 Å². The van der Waals surface area contributed by atoms with Gasteiger partial charge >= 0.3 is 12.2 Å². The Morgan fingerprint density at radius 1 is 0.727 bits per heavy atom. The summed E-state index contributed by atoms with van der Waals surface area (Å²) in [6, 6.07) is 10.1. The fraction of sp³-hybridized carbons (Fsp3) is 0.462. The van der Waals surface area contributed by atoms with Gasteiger partial charge in [-0.1, -0.05) is 33.8 Å². The summed E-state index contributed by atoms with van der Waals surface area (Å²) in [6.07, 6.45) is 1.95. The van der Waals surface area contributed by atoms with Crippen LogP contribution in [0.25, 0.3) is 43.9 Å². The van der Waals surface area contributed by atoms with Gasteiger partial charge in [0, 0.05) is 29.6 Å². The van der Waals surface area contributed by atoms with Crippen molar-refractivity contribution < 1.29 is 28.7 Å². The van der Waals surface area contributed by atoms with Crippen LogP contribution < -0.4 is 10.6 Å². The number of imidazole rings is 2. The first-order chi connectivity index (χ1) is 26.4. The van der Waals surface area contributed by atoms with Crippen LogP contribution >= 0.6 is 11.3 Å². The van der Waals surface area contributed by atoms with Crippen LogP contribution in [-0.4, -0.2) is 98.1 Å². The fourth-order valence-corrected chi connectivity index (χ4v) is 8.42. The first-order valence-electron chi connectivity index (χ1n) is 18.7. The van der Waals surface area contributed by atoms with Gasteiger partial charge in [0.25, 0.3) is 0 Å². The molecular weight excluding hydrogens is 723 g/mol. The topological polar surface area (TPSA) is 188 Å².